The zero-order chi connectivity index (χ0) is 30.0. The van der Waals surface area contributed by atoms with Crippen LogP contribution in [0.15, 0.2) is 96.1 Å². The van der Waals surface area contributed by atoms with Crippen LogP contribution in [0, 0.1) is 12.8 Å². The fourth-order valence-electron chi connectivity index (χ4n) is 5.05. The van der Waals surface area contributed by atoms with Crippen molar-refractivity contribution in [3.63, 3.8) is 0 Å². The lowest BCUT2D eigenvalue weighted by Crippen LogP contribution is -2.36. The summed E-state index contributed by atoms with van der Waals surface area (Å²) in [7, 11) is -3.80. The Morgan fingerprint density at radius 3 is 2.29 bits per heavy atom. The van der Waals surface area contributed by atoms with Gasteiger partial charge in [-0.25, -0.2) is 9.86 Å². The van der Waals surface area contributed by atoms with Gasteiger partial charge in [0.2, 0.25) is 0 Å². The summed E-state index contributed by atoms with van der Waals surface area (Å²) in [5, 5.41) is 5.96. The maximum atomic E-state index is 14.4. The number of halogens is 2. The van der Waals surface area contributed by atoms with Crippen LogP contribution < -0.4 is 10.4 Å². The van der Waals surface area contributed by atoms with Gasteiger partial charge in [-0.2, -0.15) is 0 Å². The molecule has 3 atom stereocenters. The maximum absolute atomic E-state index is 14.4. The molecule has 0 spiro atoms. The highest BCUT2D eigenvalue weighted by molar-refractivity contribution is 7.58. The van der Waals surface area contributed by atoms with Crippen LogP contribution in [0.4, 0.5) is 5.69 Å². The Labute approximate surface area is 256 Å². The third-order valence-corrected chi connectivity index (χ3v) is 10.3. The van der Waals surface area contributed by atoms with E-state index in [1.165, 1.54) is 5.06 Å². The first-order chi connectivity index (χ1) is 20.0. The van der Waals surface area contributed by atoms with E-state index in [-0.39, 0.29) is 30.2 Å². The van der Waals surface area contributed by atoms with Crippen LogP contribution >= 0.6 is 30.8 Å². The summed E-state index contributed by atoms with van der Waals surface area (Å²) in [6.07, 6.45) is 2.57. The van der Waals surface area contributed by atoms with Gasteiger partial charge in [0.25, 0.3) is 0 Å². The second-order valence-electron chi connectivity index (χ2n) is 10.7. The second kappa shape index (κ2) is 12.7. The Balaban J connectivity index is 1.51. The molecule has 5 rings (SSSR count). The third kappa shape index (κ3) is 6.61. The molecule has 2 heterocycles. The first-order valence-corrected chi connectivity index (χ1v) is 16.0. The van der Waals surface area contributed by atoms with Gasteiger partial charge >= 0.3 is 13.6 Å². The van der Waals surface area contributed by atoms with Crippen LogP contribution in [0.2, 0.25) is 10.0 Å². The highest BCUT2D eigenvalue weighted by Gasteiger charge is 2.48. The number of hydroxylamine groups is 1. The molecule has 0 amide bonds. The normalized spacial score (nSPS) is 25.6. The van der Waals surface area contributed by atoms with Crippen molar-refractivity contribution in [3.05, 3.63) is 123 Å². The molecule has 7 nitrogen and oxygen atoms in total. The van der Waals surface area contributed by atoms with Gasteiger partial charge in [-0.05, 0) is 68.3 Å². The molecule has 0 saturated carbocycles. The number of carbonyl (C=O) groups is 1. The van der Waals surface area contributed by atoms with E-state index in [0.717, 1.165) is 16.7 Å². The number of nitrogens with zero attached hydrogens (tertiary/aromatic N) is 1. The number of aryl methyl sites for hydroxylation is 1. The number of benzene rings is 3. The fraction of sp³-hybridized carbons (Fsp3) is 0.281. The summed E-state index contributed by atoms with van der Waals surface area (Å²) in [5.41, 5.74) is 3.45. The first-order valence-electron chi connectivity index (χ1n) is 13.7. The van der Waals surface area contributed by atoms with Crippen LogP contribution in [0.1, 0.15) is 43.4 Å². The lowest BCUT2D eigenvalue weighted by molar-refractivity contribution is -0.141. The van der Waals surface area contributed by atoms with Crippen molar-refractivity contribution in [1.29, 1.82) is 0 Å². The van der Waals surface area contributed by atoms with Crippen molar-refractivity contribution in [1.82, 2.24) is 5.32 Å². The number of hydrogen-bond donors (Lipinski definition) is 1. The topological polar surface area (TPSA) is 77.1 Å². The van der Waals surface area contributed by atoms with Crippen LogP contribution in [0.25, 0.3) is 0 Å². The van der Waals surface area contributed by atoms with Gasteiger partial charge in [0, 0.05) is 28.4 Å². The zero-order valence-corrected chi connectivity index (χ0v) is 26.2. The molecule has 220 valence electrons. The smallest absolute Gasteiger partial charge is 0.361 e. The molecule has 2 aliphatic heterocycles. The summed E-state index contributed by atoms with van der Waals surface area (Å²) >= 11 is 12.4. The van der Waals surface area contributed by atoms with Gasteiger partial charge in [-0.1, -0.05) is 72.1 Å². The van der Waals surface area contributed by atoms with Gasteiger partial charge in [-0.3, -0.25) is 4.57 Å². The molecule has 0 bridgehead atoms. The minimum atomic E-state index is -3.80. The Morgan fingerprint density at radius 2 is 1.62 bits per heavy atom. The average Bonchev–Trinajstić information content (AvgIpc) is 2.95. The molecule has 1 fully saturated rings. The molecule has 1 saturated heterocycles. The van der Waals surface area contributed by atoms with Crippen molar-refractivity contribution >= 4 is 42.5 Å². The Hall–Kier alpha value is -3.06. The van der Waals surface area contributed by atoms with Crippen LogP contribution in [-0.4, -0.2) is 18.2 Å². The molecular weight excluding hydrogens is 594 g/mol. The molecule has 0 aromatic heterocycles. The average molecular weight is 628 g/mol. The minimum absolute atomic E-state index is 0.0426. The quantitative estimate of drug-likeness (QED) is 0.208. The highest BCUT2D eigenvalue weighted by atomic mass is 35.5. The molecule has 2 aliphatic rings. The number of rotatable bonds is 7. The molecule has 0 radical (unpaired) electrons. The van der Waals surface area contributed by atoms with E-state index in [9.17, 15) is 9.36 Å². The third-order valence-electron chi connectivity index (χ3n) is 7.62. The Kier molecular flexibility index (Phi) is 9.17. The van der Waals surface area contributed by atoms with Gasteiger partial charge in [-0.15, -0.1) is 0 Å². The van der Waals surface area contributed by atoms with E-state index in [1.807, 2.05) is 70.2 Å². The summed E-state index contributed by atoms with van der Waals surface area (Å²) in [4.78, 5) is 20.1. The number of hydrogen-bond acceptors (Lipinski definition) is 7. The highest BCUT2D eigenvalue weighted by Crippen LogP contribution is 2.66. The molecule has 3 aromatic rings. The summed E-state index contributed by atoms with van der Waals surface area (Å²) in [6.45, 7) is 7.96. The van der Waals surface area contributed by atoms with Crippen molar-refractivity contribution in [2.45, 2.75) is 52.4 Å². The second-order valence-corrected chi connectivity index (χ2v) is 13.5. The van der Waals surface area contributed by atoms with E-state index in [4.69, 9.17) is 37.1 Å². The molecule has 42 heavy (non-hydrogen) atoms. The predicted octanol–water partition coefficient (Wildman–Crippen LogP) is 8.53. The largest absolute Gasteiger partial charge is 0.366 e. The van der Waals surface area contributed by atoms with E-state index >= 15 is 0 Å². The van der Waals surface area contributed by atoms with Gasteiger partial charge in [0.15, 0.2) is 0 Å². The zero-order valence-electron chi connectivity index (χ0n) is 23.8. The molecular formula is C32H33Cl2N2O5P. The first kappa shape index (κ1) is 30.4. The number of allylic oxidation sites excluding steroid dienone is 1. The Morgan fingerprint density at radius 1 is 0.929 bits per heavy atom. The standard InChI is InChI=1S/C32H33Cl2N2O5P/c1-20-7-5-9-25(15-20)31-29(17-35-18-30(31)42(38)40-22(3)21(2)23(4)41-42)32(37)39-36(28-13-11-26(33)12-14-28)19-24-8-6-10-27(34)16-24/h5-18,21-23,31,35H,19H2,1-4H3. The van der Waals surface area contributed by atoms with E-state index in [1.54, 1.807) is 42.7 Å². The predicted molar refractivity (Wildman–Crippen MR) is 166 cm³/mol. The van der Waals surface area contributed by atoms with Crippen LogP contribution in [0.3, 0.4) is 0 Å². The number of anilines is 1. The summed E-state index contributed by atoms with van der Waals surface area (Å²) in [6, 6.07) is 22.0. The van der Waals surface area contributed by atoms with Gasteiger partial charge < -0.3 is 19.2 Å². The monoisotopic (exact) mass is 626 g/mol. The number of nitrogens with one attached hydrogen (secondary N) is 1. The van der Waals surface area contributed by atoms with Crippen molar-refractivity contribution in [2.75, 3.05) is 5.06 Å². The van der Waals surface area contributed by atoms with E-state index in [0.29, 0.717) is 21.0 Å². The van der Waals surface area contributed by atoms with Gasteiger partial charge in [0.05, 0.1) is 41.2 Å². The lowest BCUT2D eigenvalue weighted by Gasteiger charge is -2.40. The Bertz CT molecular complexity index is 1560. The van der Waals surface area contributed by atoms with Crippen molar-refractivity contribution in [2.24, 2.45) is 5.92 Å². The van der Waals surface area contributed by atoms with Crippen molar-refractivity contribution in [3.8, 4) is 0 Å². The maximum Gasteiger partial charge on any atom is 0.361 e. The summed E-state index contributed by atoms with van der Waals surface area (Å²) in [5.74, 6) is -1.33. The van der Waals surface area contributed by atoms with Crippen LogP contribution in [0.5, 0.6) is 0 Å². The molecule has 0 aliphatic carbocycles. The molecule has 3 unspecified atom stereocenters. The summed E-state index contributed by atoms with van der Waals surface area (Å²) < 4.78 is 26.5. The lowest BCUT2D eigenvalue weighted by atomic mass is 9.89. The van der Waals surface area contributed by atoms with Crippen LogP contribution in [-0.2, 0) is 29.8 Å². The van der Waals surface area contributed by atoms with Gasteiger partial charge in [0.1, 0.15) is 0 Å². The number of carbonyl (C=O) groups excluding carboxylic acids is 1. The fourth-order valence-corrected chi connectivity index (χ4v) is 7.78. The SMILES string of the molecule is Cc1cccc(C2C(C(=O)ON(Cc3cccc(Cl)c3)c3ccc(Cl)cc3)=CNC=C2P2(=O)OC(C)C(C)C(C)O2)c1. The van der Waals surface area contributed by atoms with E-state index < -0.39 is 19.5 Å². The number of dihydropyridines is 1. The minimum Gasteiger partial charge on any atom is -0.366 e. The van der Waals surface area contributed by atoms with Crippen molar-refractivity contribution < 1.29 is 23.2 Å². The van der Waals surface area contributed by atoms with E-state index in [2.05, 4.69) is 5.32 Å². The molecule has 1 N–H and O–H groups in total. The molecule has 3 aromatic carbocycles. The molecule has 10 heteroatoms.